The number of hydrogen-bond donors (Lipinski definition) is 1. The minimum Gasteiger partial charge on any atom is -0.368 e. The highest BCUT2D eigenvalue weighted by atomic mass is 15.2. The number of anilines is 1. The Balaban J connectivity index is 3.06. The lowest BCUT2D eigenvalue weighted by Crippen LogP contribution is -1.91. The van der Waals surface area contributed by atoms with Crippen LogP contribution in [0.4, 0.5) is 11.8 Å². The van der Waals surface area contributed by atoms with E-state index in [1.165, 1.54) is 12.3 Å². The van der Waals surface area contributed by atoms with Gasteiger partial charge in [-0.2, -0.15) is 0 Å². The third-order valence-corrected chi connectivity index (χ3v) is 0.807. The van der Waals surface area contributed by atoms with Gasteiger partial charge in [-0.05, 0) is 16.7 Å². The molecule has 0 fully saturated rings. The van der Waals surface area contributed by atoms with Gasteiger partial charge in [0.25, 0.3) is 0 Å². The maximum Gasteiger partial charge on any atom is 0.220 e. The number of rotatable bonds is 1. The Morgan fingerprint density at radius 3 is 3.10 bits per heavy atom. The zero-order valence-corrected chi connectivity index (χ0v) is 4.97. The van der Waals surface area contributed by atoms with Gasteiger partial charge in [0.15, 0.2) is 0 Å². The molecule has 1 aromatic heterocycles. The Morgan fingerprint density at radius 2 is 2.50 bits per heavy atom. The summed E-state index contributed by atoms with van der Waals surface area (Å²) < 4.78 is 0. The molecule has 0 aromatic carbocycles. The van der Waals surface area contributed by atoms with Crippen LogP contribution in [0.1, 0.15) is 0 Å². The molecule has 1 aromatic rings. The monoisotopic (exact) mass is 136 g/mol. The van der Waals surface area contributed by atoms with E-state index in [0.29, 0.717) is 0 Å². The summed E-state index contributed by atoms with van der Waals surface area (Å²) in [7, 11) is 0. The molecule has 1 rings (SSSR count). The van der Waals surface area contributed by atoms with Crippen LogP contribution in [0, 0.1) is 0 Å². The molecule has 2 N–H and O–H groups in total. The first-order chi connectivity index (χ1) is 4.83. The predicted octanol–water partition coefficient (Wildman–Crippen LogP) is 1.00. The Bertz CT molecular complexity index is 275. The van der Waals surface area contributed by atoms with Crippen LogP contribution in [0.3, 0.4) is 0 Å². The first kappa shape index (κ1) is 6.31. The van der Waals surface area contributed by atoms with E-state index in [-0.39, 0.29) is 11.8 Å². The van der Waals surface area contributed by atoms with Gasteiger partial charge in [-0.15, -0.1) is 0 Å². The summed E-state index contributed by atoms with van der Waals surface area (Å²) in [5, 5.41) is 3.22. The number of aromatic nitrogens is 2. The molecule has 0 bridgehead atoms. The topological polar surface area (TPSA) is 101 Å². The molecule has 0 saturated heterocycles. The SMILES string of the molecule is [N-]=[N+]=Nc1ccnc(N)n1. The molecule has 0 aliphatic heterocycles. The lowest BCUT2D eigenvalue weighted by molar-refractivity contribution is 1.16. The van der Waals surface area contributed by atoms with E-state index in [4.69, 9.17) is 11.3 Å². The van der Waals surface area contributed by atoms with Crippen molar-refractivity contribution in [3.63, 3.8) is 0 Å². The van der Waals surface area contributed by atoms with Gasteiger partial charge >= 0.3 is 0 Å². The fraction of sp³-hybridized carbons (Fsp3) is 0. The summed E-state index contributed by atoms with van der Waals surface area (Å²) in [6.07, 6.45) is 1.42. The lowest BCUT2D eigenvalue weighted by atomic mass is 10.6. The van der Waals surface area contributed by atoms with E-state index in [1.807, 2.05) is 0 Å². The number of hydrogen-bond acceptors (Lipinski definition) is 4. The van der Waals surface area contributed by atoms with Crippen molar-refractivity contribution in [2.24, 2.45) is 5.11 Å². The molecular weight excluding hydrogens is 132 g/mol. The molecule has 0 radical (unpaired) electrons. The fourth-order valence-corrected chi connectivity index (χ4v) is 0.465. The smallest absolute Gasteiger partial charge is 0.220 e. The van der Waals surface area contributed by atoms with Crippen molar-refractivity contribution in [2.45, 2.75) is 0 Å². The van der Waals surface area contributed by atoms with Gasteiger partial charge in [-0.25, -0.2) is 9.97 Å². The van der Waals surface area contributed by atoms with Gasteiger partial charge < -0.3 is 5.73 Å². The average Bonchev–Trinajstić information content (AvgIpc) is 1.88. The van der Waals surface area contributed by atoms with E-state index in [2.05, 4.69) is 20.0 Å². The van der Waals surface area contributed by atoms with Crippen LogP contribution in [0.25, 0.3) is 10.4 Å². The van der Waals surface area contributed by atoms with Crippen LogP contribution in [0.15, 0.2) is 17.4 Å². The van der Waals surface area contributed by atoms with Crippen LogP contribution in [-0.2, 0) is 0 Å². The second kappa shape index (κ2) is 2.65. The zero-order chi connectivity index (χ0) is 7.40. The standard InChI is InChI=1S/C4H4N6/c5-4-7-2-1-3(8-4)9-10-6/h1-2H,(H2,5,7,8). The van der Waals surface area contributed by atoms with Crippen LogP contribution < -0.4 is 5.73 Å². The molecule has 50 valence electrons. The number of nitrogen functional groups attached to an aromatic ring is 1. The second-order valence-electron chi connectivity index (χ2n) is 1.46. The van der Waals surface area contributed by atoms with Crippen LogP contribution in [0.2, 0.25) is 0 Å². The molecular formula is C4H4N6. The summed E-state index contributed by atoms with van der Waals surface area (Å²) in [6.45, 7) is 0. The van der Waals surface area contributed by atoms with E-state index in [0.717, 1.165) is 0 Å². The predicted molar refractivity (Wildman–Crippen MR) is 35.3 cm³/mol. The summed E-state index contributed by atoms with van der Waals surface area (Å²) >= 11 is 0. The van der Waals surface area contributed by atoms with Gasteiger partial charge in [-0.3, -0.25) is 0 Å². The number of nitrogens with two attached hydrogens (primary N) is 1. The van der Waals surface area contributed by atoms with Gasteiger partial charge in [-0.1, -0.05) is 0 Å². The fourth-order valence-electron chi connectivity index (χ4n) is 0.465. The van der Waals surface area contributed by atoms with Crippen molar-refractivity contribution in [1.29, 1.82) is 0 Å². The highest BCUT2D eigenvalue weighted by molar-refractivity contribution is 5.30. The van der Waals surface area contributed by atoms with Crippen LogP contribution in [-0.4, -0.2) is 9.97 Å². The van der Waals surface area contributed by atoms with E-state index >= 15 is 0 Å². The first-order valence-corrected chi connectivity index (χ1v) is 2.46. The van der Waals surface area contributed by atoms with Crippen LogP contribution >= 0.6 is 0 Å². The third-order valence-electron chi connectivity index (χ3n) is 0.807. The van der Waals surface area contributed by atoms with Crippen molar-refractivity contribution < 1.29 is 0 Å². The van der Waals surface area contributed by atoms with Gasteiger partial charge in [0.2, 0.25) is 5.95 Å². The van der Waals surface area contributed by atoms with Crippen molar-refractivity contribution in [2.75, 3.05) is 5.73 Å². The quantitative estimate of drug-likeness (QED) is 0.354. The van der Waals surface area contributed by atoms with E-state index in [9.17, 15) is 0 Å². The Morgan fingerprint density at radius 1 is 1.70 bits per heavy atom. The Labute approximate surface area is 56.3 Å². The molecule has 0 spiro atoms. The molecule has 6 heteroatoms. The molecule has 0 amide bonds. The summed E-state index contributed by atoms with van der Waals surface area (Å²) in [6, 6.07) is 1.47. The maximum absolute atomic E-state index is 7.97. The average molecular weight is 136 g/mol. The minimum absolute atomic E-state index is 0.102. The van der Waals surface area contributed by atoms with Gasteiger partial charge in [0, 0.05) is 11.1 Å². The van der Waals surface area contributed by atoms with E-state index < -0.39 is 0 Å². The minimum atomic E-state index is 0.102. The summed E-state index contributed by atoms with van der Waals surface area (Å²) in [4.78, 5) is 9.74. The Kier molecular flexibility index (Phi) is 1.67. The first-order valence-electron chi connectivity index (χ1n) is 2.46. The molecule has 10 heavy (non-hydrogen) atoms. The van der Waals surface area contributed by atoms with Gasteiger partial charge in [0.05, 0.1) is 0 Å². The molecule has 1 heterocycles. The highest BCUT2D eigenvalue weighted by Crippen LogP contribution is 2.05. The van der Waals surface area contributed by atoms with Crippen LogP contribution in [0.5, 0.6) is 0 Å². The third kappa shape index (κ3) is 1.33. The lowest BCUT2D eigenvalue weighted by Gasteiger charge is -1.89. The zero-order valence-electron chi connectivity index (χ0n) is 4.97. The molecule has 0 aliphatic carbocycles. The molecule has 0 aliphatic rings. The number of nitrogens with zero attached hydrogens (tertiary/aromatic N) is 5. The molecule has 6 nitrogen and oxygen atoms in total. The van der Waals surface area contributed by atoms with Crippen molar-refractivity contribution in [3.05, 3.63) is 22.7 Å². The summed E-state index contributed by atoms with van der Waals surface area (Å²) in [5.74, 6) is 0.333. The molecule has 0 atom stereocenters. The van der Waals surface area contributed by atoms with Crippen molar-refractivity contribution in [3.8, 4) is 0 Å². The molecule has 0 unspecified atom stereocenters. The van der Waals surface area contributed by atoms with Crippen molar-refractivity contribution in [1.82, 2.24) is 9.97 Å². The second-order valence-corrected chi connectivity index (χ2v) is 1.46. The Hall–Kier alpha value is -1.81. The normalized spacial score (nSPS) is 8.40. The largest absolute Gasteiger partial charge is 0.368 e. The molecule has 0 saturated carbocycles. The van der Waals surface area contributed by atoms with E-state index in [1.54, 1.807) is 0 Å². The van der Waals surface area contributed by atoms with Crippen molar-refractivity contribution >= 4 is 11.8 Å². The maximum atomic E-state index is 7.97. The summed E-state index contributed by atoms with van der Waals surface area (Å²) in [5.41, 5.74) is 13.2. The highest BCUT2D eigenvalue weighted by Gasteiger charge is 1.88. The van der Waals surface area contributed by atoms with Gasteiger partial charge in [0.1, 0.15) is 5.82 Å². The number of azide groups is 1.